The lowest BCUT2D eigenvalue weighted by atomic mass is 10.2. The predicted molar refractivity (Wildman–Crippen MR) is 49.2 cm³/mol. The maximum atomic E-state index is 10.5. The molecule has 0 aliphatic carbocycles. The van der Waals surface area contributed by atoms with Crippen LogP contribution in [0.2, 0.25) is 0 Å². The Kier molecular flexibility index (Phi) is 2.66. The van der Waals surface area contributed by atoms with Crippen LogP contribution in [-0.2, 0) is 4.79 Å². The summed E-state index contributed by atoms with van der Waals surface area (Å²) in [6.07, 6.45) is 0.345. The summed E-state index contributed by atoms with van der Waals surface area (Å²) < 4.78 is 0. The largest absolute Gasteiger partial charge is 0.501 e. The summed E-state index contributed by atoms with van der Waals surface area (Å²) in [6, 6.07) is 2.67. The second-order valence-corrected chi connectivity index (χ2v) is 2.70. The van der Waals surface area contributed by atoms with E-state index in [0.717, 1.165) is 0 Å². The van der Waals surface area contributed by atoms with Crippen LogP contribution in [0.15, 0.2) is 12.1 Å². The zero-order valence-corrected chi connectivity index (χ0v) is 7.35. The Morgan fingerprint density at radius 1 is 1.57 bits per heavy atom. The molecular formula is C8H8N2O4. The van der Waals surface area contributed by atoms with E-state index >= 15 is 0 Å². The van der Waals surface area contributed by atoms with Crippen LogP contribution in [0.1, 0.15) is 5.56 Å². The van der Waals surface area contributed by atoms with Crippen molar-refractivity contribution in [1.82, 2.24) is 0 Å². The highest BCUT2D eigenvalue weighted by Gasteiger charge is 2.17. The van der Waals surface area contributed by atoms with Crippen LogP contribution in [-0.4, -0.2) is 16.4 Å². The normalized spacial score (nSPS) is 9.50. The monoisotopic (exact) mass is 196 g/mol. The van der Waals surface area contributed by atoms with E-state index in [1.165, 1.54) is 12.1 Å². The summed E-state index contributed by atoms with van der Waals surface area (Å²) in [4.78, 5) is 19.9. The van der Waals surface area contributed by atoms with Gasteiger partial charge < -0.3 is 10.4 Å². The van der Waals surface area contributed by atoms with Crippen molar-refractivity contribution in [3.05, 3.63) is 27.8 Å². The number of nitrogens with zero attached hydrogens (tertiary/aromatic N) is 1. The van der Waals surface area contributed by atoms with Crippen molar-refractivity contribution in [2.24, 2.45) is 0 Å². The molecule has 6 heteroatoms. The van der Waals surface area contributed by atoms with Gasteiger partial charge in [-0.3, -0.25) is 14.9 Å². The number of nitrogens with one attached hydrogen (secondary N) is 1. The Morgan fingerprint density at radius 2 is 2.21 bits per heavy atom. The molecule has 0 bridgehead atoms. The van der Waals surface area contributed by atoms with E-state index in [9.17, 15) is 20.0 Å². The van der Waals surface area contributed by atoms with Gasteiger partial charge in [0.05, 0.1) is 10.6 Å². The van der Waals surface area contributed by atoms with Crippen molar-refractivity contribution in [3.8, 4) is 5.75 Å². The highest BCUT2D eigenvalue weighted by molar-refractivity contribution is 5.79. The first kappa shape index (κ1) is 9.97. The Hall–Kier alpha value is -2.11. The topological polar surface area (TPSA) is 92.5 Å². The molecule has 1 amide bonds. The first-order valence-electron chi connectivity index (χ1n) is 3.74. The molecule has 0 aromatic heterocycles. The highest BCUT2D eigenvalue weighted by atomic mass is 16.6. The lowest BCUT2D eigenvalue weighted by Crippen LogP contribution is -1.97. The van der Waals surface area contributed by atoms with E-state index in [1.807, 2.05) is 0 Å². The van der Waals surface area contributed by atoms with E-state index in [0.29, 0.717) is 12.0 Å². The van der Waals surface area contributed by atoms with E-state index < -0.39 is 16.4 Å². The summed E-state index contributed by atoms with van der Waals surface area (Å²) in [6.45, 7) is 1.63. The van der Waals surface area contributed by atoms with Gasteiger partial charge in [0, 0.05) is 6.07 Å². The number of nitro groups is 1. The molecule has 0 radical (unpaired) electrons. The molecule has 2 N–H and O–H groups in total. The van der Waals surface area contributed by atoms with E-state index in [4.69, 9.17) is 0 Å². The van der Waals surface area contributed by atoms with Gasteiger partial charge in [-0.05, 0) is 18.6 Å². The van der Waals surface area contributed by atoms with Crippen molar-refractivity contribution in [3.63, 3.8) is 0 Å². The van der Waals surface area contributed by atoms with Crippen molar-refractivity contribution in [2.75, 3.05) is 5.32 Å². The van der Waals surface area contributed by atoms with Crippen LogP contribution >= 0.6 is 0 Å². The summed E-state index contributed by atoms with van der Waals surface area (Å²) in [7, 11) is 0. The SMILES string of the molecule is Cc1cc(NC=O)c(O)c([N+](=O)[O-])c1. The first-order chi connectivity index (χ1) is 6.56. The molecule has 6 nitrogen and oxygen atoms in total. The van der Waals surface area contributed by atoms with Gasteiger partial charge in [-0.25, -0.2) is 0 Å². The maximum Gasteiger partial charge on any atom is 0.313 e. The van der Waals surface area contributed by atoms with Crippen molar-refractivity contribution >= 4 is 17.8 Å². The molecule has 0 heterocycles. The van der Waals surface area contributed by atoms with E-state index in [1.54, 1.807) is 6.92 Å². The van der Waals surface area contributed by atoms with Crippen molar-refractivity contribution in [2.45, 2.75) is 6.92 Å². The standard InChI is InChI=1S/C8H8N2O4/c1-5-2-6(9-4-11)8(12)7(3-5)10(13)14/h2-4,12H,1H3,(H,9,11). The lowest BCUT2D eigenvalue weighted by Gasteiger charge is -2.04. The van der Waals surface area contributed by atoms with Gasteiger partial charge in [-0.1, -0.05) is 0 Å². The van der Waals surface area contributed by atoms with E-state index in [2.05, 4.69) is 5.32 Å². The zero-order valence-electron chi connectivity index (χ0n) is 7.35. The van der Waals surface area contributed by atoms with Gasteiger partial charge in [0.1, 0.15) is 0 Å². The molecule has 0 unspecified atom stereocenters. The molecular weight excluding hydrogens is 188 g/mol. The minimum atomic E-state index is -0.710. The van der Waals surface area contributed by atoms with Gasteiger partial charge >= 0.3 is 5.69 Å². The number of aromatic hydroxyl groups is 1. The fourth-order valence-electron chi connectivity index (χ4n) is 1.07. The fourth-order valence-corrected chi connectivity index (χ4v) is 1.07. The number of benzene rings is 1. The van der Waals surface area contributed by atoms with Gasteiger partial charge in [-0.2, -0.15) is 0 Å². The number of anilines is 1. The van der Waals surface area contributed by atoms with E-state index in [-0.39, 0.29) is 5.69 Å². The first-order valence-corrected chi connectivity index (χ1v) is 3.74. The number of hydrogen-bond acceptors (Lipinski definition) is 4. The molecule has 74 valence electrons. The van der Waals surface area contributed by atoms with Gasteiger partial charge in [0.2, 0.25) is 12.2 Å². The average molecular weight is 196 g/mol. The Bertz CT molecular complexity index is 389. The third-order valence-corrected chi connectivity index (χ3v) is 1.65. The quantitative estimate of drug-likeness (QED) is 0.328. The third kappa shape index (κ3) is 1.79. The maximum absolute atomic E-state index is 10.5. The number of rotatable bonds is 3. The molecule has 0 aliphatic rings. The second-order valence-electron chi connectivity index (χ2n) is 2.70. The fraction of sp³-hybridized carbons (Fsp3) is 0.125. The van der Waals surface area contributed by atoms with Gasteiger partial charge in [0.15, 0.2) is 0 Å². The Balaban J connectivity index is 3.31. The Labute approximate surface area is 79.3 Å². The zero-order chi connectivity index (χ0) is 10.7. The van der Waals surface area contributed by atoms with Crippen LogP contribution in [0.4, 0.5) is 11.4 Å². The minimum Gasteiger partial charge on any atom is -0.501 e. The molecule has 0 saturated heterocycles. The summed E-state index contributed by atoms with van der Waals surface area (Å²) >= 11 is 0. The van der Waals surface area contributed by atoms with Crippen molar-refractivity contribution < 1.29 is 14.8 Å². The van der Waals surface area contributed by atoms with Crippen LogP contribution in [0.25, 0.3) is 0 Å². The molecule has 0 spiro atoms. The molecule has 1 rings (SSSR count). The molecule has 14 heavy (non-hydrogen) atoms. The second kappa shape index (κ2) is 3.73. The highest BCUT2D eigenvalue weighted by Crippen LogP contribution is 2.34. The molecule has 0 aliphatic heterocycles. The number of carbonyl (C=O) groups excluding carboxylic acids is 1. The summed E-state index contributed by atoms with van der Waals surface area (Å²) in [5.41, 5.74) is 0.194. The summed E-state index contributed by atoms with van der Waals surface area (Å²) in [5.74, 6) is -0.535. The minimum absolute atomic E-state index is 0.0340. The molecule has 1 aromatic carbocycles. The number of hydrogen-bond donors (Lipinski definition) is 2. The Morgan fingerprint density at radius 3 is 2.71 bits per heavy atom. The van der Waals surface area contributed by atoms with Crippen LogP contribution in [0, 0.1) is 17.0 Å². The number of phenolic OH excluding ortho intramolecular Hbond substituents is 1. The van der Waals surface area contributed by atoms with Gasteiger partial charge in [0.25, 0.3) is 0 Å². The molecule has 0 fully saturated rings. The van der Waals surface area contributed by atoms with Gasteiger partial charge in [-0.15, -0.1) is 0 Å². The van der Waals surface area contributed by atoms with Crippen LogP contribution in [0.3, 0.4) is 0 Å². The number of amides is 1. The number of aryl methyl sites for hydroxylation is 1. The third-order valence-electron chi connectivity index (χ3n) is 1.65. The smallest absolute Gasteiger partial charge is 0.313 e. The number of carbonyl (C=O) groups is 1. The molecule has 1 aromatic rings. The van der Waals surface area contributed by atoms with Crippen molar-refractivity contribution in [1.29, 1.82) is 0 Å². The number of phenols is 1. The number of nitro benzene ring substituents is 1. The van der Waals surface area contributed by atoms with Crippen LogP contribution < -0.4 is 5.32 Å². The van der Waals surface area contributed by atoms with Crippen LogP contribution in [0.5, 0.6) is 5.75 Å². The molecule has 0 saturated carbocycles. The lowest BCUT2D eigenvalue weighted by molar-refractivity contribution is -0.385. The predicted octanol–water partition coefficient (Wildman–Crippen LogP) is 1.18. The summed E-state index contributed by atoms with van der Waals surface area (Å²) in [5, 5.41) is 22.0. The average Bonchev–Trinajstić information content (AvgIpc) is 2.10. The molecule has 0 atom stereocenters.